The Labute approximate surface area is 558 Å². The van der Waals surface area contributed by atoms with Crippen molar-refractivity contribution < 1.29 is 48.8 Å². The first-order valence-electron chi connectivity index (χ1n) is 27.5. The number of tetrazole rings is 2. The second kappa shape index (κ2) is 31.1. The van der Waals surface area contributed by atoms with Crippen molar-refractivity contribution in [1.29, 1.82) is 0 Å². The van der Waals surface area contributed by atoms with Crippen molar-refractivity contribution in [2.75, 3.05) is 28.4 Å². The van der Waals surface area contributed by atoms with Crippen molar-refractivity contribution in [3.05, 3.63) is 245 Å². The summed E-state index contributed by atoms with van der Waals surface area (Å²) in [6.07, 6.45) is 0.0533. The number of aromatic hydroxyl groups is 2. The van der Waals surface area contributed by atoms with Crippen molar-refractivity contribution >= 4 is 128 Å². The molecular formula is C63H50Cl6N14O10. The largest absolute Gasteiger partial charge is 0.508 e. The number of phenolic OH excluding ortho intramolecular Hbond substituents is 2. The third-order valence-electron chi connectivity index (χ3n) is 13.6. The Kier molecular flexibility index (Phi) is 22.4. The molecule has 9 N–H and O–H groups in total. The number of ether oxygens (including phenoxy) is 1. The van der Waals surface area contributed by atoms with Crippen LogP contribution in [0.2, 0.25) is 30.1 Å². The fraction of sp³-hybridized carbons (Fsp3) is 0.111. The molecule has 10 aromatic rings. The lowest BCUT2D eigenvalue weighted by molar-refractivity contribution is -0.143. The molecule has 0 saturated heterocycles. The maximum absolute atomic E-state index is 13.3. The third-order valence-corrected chi connectivity index (χ3v) is 15.5. The van der Waals surface area contributed by atoms with Crippen LogP contribution in [0.4, 0.5) is 23.3 Å². The summed E-state index contributed by atoms with van der Waals surface area (Å²) in [5.74, 6) is -3.30. The number of nitrogens with one attached hydrogen (secondary N) is 6. The number of carboxylic acid groups (broad SMARTS) is 1. The van der Waals surface area contributed by atoms with Crippen LogP contribution in [0.15, 0.2) is 170 Å². The summed E-state index contributed by atoms with van der Waals surface area (Å²) in [6.45, 7) is 0.668. The van der Waals surface area contributed by atoms with E-state index in [1.807, 2.05) is 12.1 Å². The van der Waals surface area contributed by atoms with E-state index < -0.39 is 47.7 Å². The Morgan fingerprint density at radius 3 is 1.23 bits per heavy atom. The van der Waals surface area contributed by atoms with Gasteiger partial charge in [0.25, 0.3) is 23.6 Å². The van der Waals surface area contributed by atoms with E-state index in [1.165, 1.54) is 40.7 Å². The molecule has 93 heavy (non-hydrogen) atoms. The van der Waals surface area contributed by atoms with Crippen molar-refractivity contribution in [3.8, 4) is 22.9 Å². The summed E-state index contributed by atoms with van der Waals surface area (Å²) >= 11 is 37.4. The number of nitrogens with zero attached hydrogens (tertiary/aromatic N) is 8. The number of esters is 1. The first kappa shape index (κ1) is 67.1. The third kappa shape index (κ3) is 17.6. The van der Waals surface area contributed by atoms with Crippen LogP contribution in [0.5, 0.6) is 11.5 Å². The number of carbonyl (C=O) groups is 6. The molecule has 0 aliphatic heterocycles. The summed E-state index contributed by atoms with van der Waals surface area (Å²) in [4.78, 5) is 76.4. The number of carboxylic acids is 1. The molecule has 474 valence electrons. The predicted octanol–water partition coefficient (Wildman–Crippen LogP) is 11.3. The smallest absolute Gasteiger partial charge is 0.328 e. The second-order valence-electron chi connectivity index (χ2n) is 20.0. The highest BCUT2D eigenvalue weighted by atomic mass is 35.5. The number of methoxy groups -OCH3 is 1. The van der Waals surface area contributed by atoms with Gasteiger partial charge in [-0.15, -0.1) is 0 Å². The van der Waals surface area contributed by atoms with Gasteiger partial charge in [-0.1, -0.05) is 140 Å². The Morgan fingerprint density at radius 2 is 0.849 bits per heavy atom. The summed E-state index contributed by atoms with van der Waals surface area (Å²) in [7, 11) is 1.22. The number of benzene rings is 8. The van der Waals surface area contributed by atoms with Crippen LogP contribution in [-0.2, 0) is 40.3 Å². The summed E-state index contributed by atoms with van der Waals surface area (Å²) in [6, 6.07) is 42.9. The maximum Gasteiger partial charge on any atom is 0.328 e. The molecule has 0 saturated carbocycles. The zero-order valence-corrected chi connectivity index (χ0v) is 52.7. The molecule has 0 radical (unpaired) electrons. The summed E-state index contributed by atoms with van der Waals surface area (Å²) in [5, 5.41) is 70.3. The van der Waals surface area contributed by atoms with Gasteiger partial charge in [0, 0.05) is 37.3 Å². The molecule has 0 spiro atoms. The lowest BCUT2D eigenvalue weighted by Crippen LogP contribution is -2.43. The number of aromatic nitrogens is 8. The van der Waals surface area contributed by atoms with E-state index in [1.54, 1.807) is 133 Å². The van der Waals surface area contributed by atoms with Gasteiger partial charge in [-0.05, 0) is 152 Å². The molecular weight excluding hydrogens is 1330 g/mol. The fourth-order valence-corrected chi connectivity index (χ4v) is 10.7. The van der Waals surface area contributed by atoms with E-state index in [-0.39, 0.29) is 76.7 Å². The van der Waals surface area contributed by atoms with Crippen molar-refractivity contribution in [3.63, 3.8) is 0 Å². The highest BCUT2D eigenvalue weighted by Crippen LogP contribution is 2.29. The summed E-state index contributed by atoms with van der Waals surface area (Å²) in [5.41, 5.74) is 5.17. The van der Waals surface area contributed by atoms with E-state index in [2.05, 4.69) is 63.0 Å². The zero-order chi connectivity index (χ0) is 66.3. The summed E-state index contributed by atoms with van der Waals surface area (Å²) < 4.78 is 7.71. The topological polar surface area (TPSA) is 332 Å². The minimum absolute atomic E-state index is 0.0415. The van der Waals surface area contributed by atoms with Crippen LogP contribution in [0.3, 0.4) is 0 Å². The number of halogens is 6. The van der Waals surface area contributed by atoms with E-state index in [4.69, 9.17) is 74.3 Å². The molecule has 4 amide bonds. The maximum atomic E-state index is 13.3. The number of hydrogen-bond donors (Lipinski definition) is 9. The van der Waals surface area contributed by atoms with Gasteiger partial charge < -0.3 is 52.0 Å². The second-order valence-corrected chi connectivity index (χ2v) is 22.5. The minimum Gasteiger partial charge on any atom is -0.508 e. The van der Waals surface area contributed by atoms with Crippen LogP contribution in [0.1, 0.15) is 63.7 Å². The van der Waals surface area contributed by atoms with Gasteiger partial charge in [-0.25, -0.2) is 9.59 Å². The molecule has 24 nitrogen and oxygen atoms in total. The van der Waals surface area contributed by atoms with E-state index in [0.717, 1.165) is 11.1 Å². The molecule has 2 heterocycles. The number of amides is 4. The molecule has 30 heteroatoms. The van der Waals surface area contributed by atoms with E-state index in [0.29, 0.717) is 58.9 Å². The first-order chi connectivity index (χ1) is 44.7. The highest BCUT2D eigenvalue weighted by Gasteiger charge is 2.27. The Bertz CT molecular complexity index is 4370. The number of aliphatic carboxylic acids is 1. The molecule has 2 atom stereocenters. The quantitative estimate of drug-likeness (QED) is 0.0285. The minimum atomic E-state index is -1.28. The van der Waals surface area contributed by atoms with Crippen molar-refractivity contribution in [2.45, 2.75) is 38.0 Å². The molecule has 0 aliphatic rings. The van der Waals surface area contributed by atoms with Crippen LogP contribution < -0.4 is 31.9 Å². The van der Waals surface area contributed by atoms with Crippen LogP contribution in [-0.4, -0.2) is 110 Å². The molecule has 0 aliphatic carbocycles. The van der Waals surface area contributed by atoms with E-state index in [9.17, 15) is 44.1 Å². The number of anilines is 4. The predicted molar refractivity (Wildman–Crippen MR) is 350 cm³/mol. The highest BCUT2D eigenvalue weighted by molar-refractivity contribution is 6.41. The average molecular weight is 1380 g/mol. The van der Waals surface area contributed by atoms with Crippen molar-refractivity contribution in [2.24, 2.45) is 0 Å². The normalized spacial score (nSPS) is 11.4. The van der Waals surface area contributed by atoms with Gasteiger partial charge in [0.2, 0.25) is 11.9 Å². The lowest BCUT2D eigenvalue weighted by Gasteiger charge is -2.18. The molecule has 0 bridgehead atoms. The molecule has 2 aromatic heterocycles. The Hall–Kier alpha value is -10.3. The Morgan fingerprint density at radius 1 is 0.462 bits per heavy atom. The lowest BCUT2D eigenvalue weighted by atomic mass is 10.0. The number of rotatable bonds is 22. The molecule has 0 fully saturated rings. The van der Waals surface area contributed by atoms with Gasteiger partial charge in [0.05, 0.1) is 70.9 Å². The standard InChI is InChI=1S/C32H26Cl3N7O5.C31H24Cl3N7O5/c1-47-31(46)27(15-18-8-10-20(11-9-18)37-30(45)28-24(33)6-3-7-25(28)34)38-29(44)23-13-12-21(16-26(23)35)42-32(39-40-41-42)36-17-19-4-2-5-22(43)14-19;32-23-5-2-6-24(33)27(23)29(44)36-19-9-7-17(8-10-19)14-26(30(45)46)37-28(43)22-12-11-20(15-25(22)34)41-31(38-39-40-41)35-16-18-3-1-4-21(42)13-18/h2-14,16,27,43H,15,17H2,1H3,(H,37,45)(H,38,44)(H,36,39,41);1-13,15,26,42H,14,16H2,(H,36,44)(H,37,43)(H,45,46)(H,35,38,40). The van der Waals surface area contributed by atoms with Gasteiger partial charge in [-0.3, -0.25) is 19.2 Å². The first-order valence-corrected chi connectivity index (χ1v) is 29.8. The van der Waals surface area contributed by atoms with E-state index >= 15 is 0 Å². The molecule has 10 rings (SSSR count). The fourth-order valence-electron chi connectivity index (χ4n) is 9.02. The number of hydrogen-bond acceptors (Lipinski definition) is 17. The zero-order valence-electron chi connectivity index (χ0n) is 48.2. The van der Waals surface area contributed by atoms with Gasteiger partial charge in [0.15, 0.2) is 0 Å². The number of phenols is 2. The SMILES string of the molecule is COC(=O)C(Cc1ccc(NC(=O)c2c(Cl)cccc2Cl)cc1)NC(=O)c1ccc(-n2nnnc2NCc2cccc(O)c2)cc1Cl.O=C(NC(Cc1ccc(NC(=O)c2c(Cl)cccc2Cl)cc1)C(=O)O)c1ccc(-n2nnnc2NCc2cccc(O)c2)cc1Cl. The van der Waals surface area contributed by atoms with Crippen LogP contribution in [0, 0.1) is 0 Å². The average Bonchev–Trinajstić information content (AvgIpc) is 1.88. The Balaban J connectivity index is 0.000000219. The molecule has 8 aromatic carbocycles. The van der Waals surface area contributed by atoms with Gasteiger partial charge in [0.1, 0.15) is 23.6 Å². The molecule has 2 unspecified atom stereocenters. The van der Waals surface area contributed by atoms with Crippen LogP contribution >= 0.6 is 69.6 Å². The number of carbonyl (C=O) groups excluding carboxylic acids is 5. The van der Waals surface area contributed by atoms with Crippen molar-refractivity contribution in [1.82, 2.24) is 51.0 Å². The van der Waals surface area contributed by atoms with Gasteiger partial charge >= 0.3 is 11.9 Å². The van der Waals surface area contributed by atoms with Crippen LogP contribution in [0.25, 0.3) is 11.4 Å². The van der Waals surface area contributed by atoms with Gasteiger partial charge in [-0.2, -0.15) is 9.36 Å². The monoisotopic (exact) mass is 1370 g/mol.